The number of hydrogen-bond donors (Lipinski definition) is 19. The van der Waals surface area contributed by atoms with Crippen LogP contribution in [0.2, 0.25) is 0 Å². The molecule has 81 heavy (non-hydrogen) atoms. The molecule has 35 atom stereocenters. The van der Waals surface area contributed by atoms with Gasteiger partial charge >= 0.3 is 0 Å². The highest BCUT2D eigenvalue weighted by Gasteiger charge is 2.59. The number of hydrogen-bond acceptors (Lipinski definition) is 36. The SMILES string of the molecule is O=C1COC[C@H]2O[C@@H]3O[C@H]4[C@H](O)[C@H](O)[C@@H](O[C@H]5[C@@H](O)[C@@H](O)[C@@H](O[C@H]6[C@H](O)[C@@H](O)[C@@H](O[C@H]7[C@H](O)[C@@H](O)[C@@H](O[C@H]8[C@H](O)[C@@H](O)[C@@H](O[C@H]9[C@H](O)[C@@H](O)[C@@H](O[C@H]2[C@H](O)[C@H]3O)O[C@@H]9CO)O[C@@H]8CO)O[C@@H]7COC1)O[C@@H]6CO)O[C@@H]5CO)O[C@@H]4CO. The maximum atomic E-state index is 13.4. The number of ketones is 1. The average molecular weight is 1190 g/mol. The molecular formula is C45H72O36. The van der Waals surface area contributed by atoms with Gasteiger partial charge in [0.25, 0.3) is 0 Å². The topological polar surface area (TPSA) is 549 Å². The Morgan fingerprint density at radius 2 is 0.444 bits per heavy atom. The predicted molar refractivity (Wildman–Crippen MR) is 241 cm³/mol. The van der Waals surface area contributed by atoms with Crippen molar-refractivity contribution in [2.24, 2.45) is 0 Å². The fourth-order valence-electron chi connectivity index (χ4n) is 11.0. The Bertz CT molecular complexity index is 1990. The monoisotopic (exact) mass is 1190 g/mol. The van der Waals surface area contributed by atoms with Crippen LogP contribution in [0.4, 0.5) is 0 Å². The Hall–Kier alpha value is -1.73. The maximum Gasteiger partial charge on any atom is 0.187 e. The average Bonchev–Trinajstić information content (AvgIpc) is 3.51. The first kappa shape index (κ1) is 63.8. The van der Waals surface area contributed by atoms with Crippen LogP contribution < -0.4 is 0 Å². The van der Waals surface area contributed by atoms with Crippen molar-refractivity contribution in [1.29, 1.82) is 0 Å². The van der Waals surface area contributed by atoms with E-state index < -0.39 is 280 Å². The molecule has 14 bridgehead atoms. The minimum Gasteiger partial charge on any atom is -0.394 e. The third-order valence-corrected chi connectivity index (χ3v) is 15.5. The second-order valence-electron chi connectivity index (χ2n) is 20.9. The lowest BCUT2D eigenvalue weighted by atomic mass is 9.95. The van der Waals surface area contributed by atoms with Crippen LogP contribution in [0, 0.1) is 0 Å². The van der Waals surface area contributed by atoms with Crippen LogP contribution in [0.5, 0.6) is 0 Å². The van der Waals surface area contributed by atoms with Gasteiger partial charge in [-0.25, -0.2) is 0 Å². The summed E-state index contributed by atoms with van der Waals surface area (Å²) in [6.07, 6.45) is -70.8. The molecule has 14 aliphatic rings. The van der Waals surface area contributed by atoms with Crippen molar-refractivity contribution in [1.82, 2.24) is 0 Å². The number of aliphatic hydroxyl groups is 19. The number of ether oxygens (including phenoxy) is 16. The normalized spacial score (nSPS) is 54.5. The molecule has 0 unspecified atom stereocenters. The minimum atomic E-state index is -2.25. The largest absolute Gasteiger partial charge is 0.394 e. The number of Topliss-reactive ketones (excluding diaryl/α,β-unsaturated/α-hetero) is 1. The third kappa shape index (κ3) is 12.8. The van der Waals surface area contributed by atoms with Crippen molar-refractivity contribution in [3.05, 3.63) is 0 Å². The predicted octanol–water partition coefficient (Wildman–Crippen LogP) is -14.6. The van der Waals surface area contributed by atoms with E-state index in [2.05, 4.69) is 0 Å². The van der Waals surface area contributed by atoms with Crippen LogP contribution in [0.25, 0.3) is 0 Å². The van der Waals surface area contributed by atoms with Crippen molar-refractivity contribution in [3.8, 4) is 0 Å². The molecule has 36 nitrogen and oxygen atoms in total. The molecule has 14 fully saturated rings. The summed E-state index contributed by atoms with van der Waals surface area (Å²) in [7, 11) is 0. The van der Waals surface area contributed by atoms with E-state index in [-0.39, 0.29) is 0 Å². The first-order valence-corrected chi connectivity index (χ1v) is 26.1. The number of aliphatic hydroxyl groups excluding tert-OH is 19. The highest BCUT2D eigenvalue weighted by atomic mass is 16.8. The lowest BCUT2D eigenvalue weighted by Gasteiger charge is -2.50. The zero-order valence-corrected chi connectivity index (χ0v) is 42.5. The van der Waals surface area contributed by atoms with Crippen molar-refractivity contribution < 1.29 is 178 Å². The molecule has 0 aromatic carbocycles. The molecule has 0 saturated carbocycles. The van der Waals surface area contributed by atoms with E-state index in [0.717, 1.165) is 0 Å². The number of carbonyl (C=O) groups is 1. The van der Waals surface area contributed by atoms with Gasteiger partial charge in [-0.05, 0) is 0 Å². The van der Waals surface area contributed by atoms with Gasteiger partial charge in [-0.2, -0.15) is 0 Å². The number of rotatable bonds is 5. The number of fused-ring (bicyclic) bond motifs is 5. The van der Waals surface area contributed by atoms with E-state index in [0.29, 0.717) is 0 Å². The van der Waals surface area contributed by atoms with Crippen LogP contribution in [0.1, 0.15) is 0 Å². The van der Waals surface area contributed by atoms with Crippen LogP contribution in [-0.4, -0.2) is 377 Å². The third-order valence-electron chi connectivity index (χ3n) is 15.5. The van der Waals surface area contributed by atoms with Gasteiger partial charge in [-0.3, -0.25) is 4.79 Å². The smallest absolute Gasteiger partial charge is 0.187 e. The maximum absolute atomic E-state index is 13.4. The number of carbonyl (C=O) groups excluding carboxylic acids is 1. The summed E-state index contributed by atoms with van der Waals surface area (Å²) >= 11 is 0. The molecule has 36 heteroatoms. The molecular weight excluding hydrogens is 1120 g/mol. The molecule has 0 aliphatic carbocycles. The molecule has 14 saturated heterocycles. The van der Waals surface area contributed by atoms with Gasteiger partial charge in [-0.1, -0.05) is 0 Å². The quantitative estimate of drug-likeness (QED) is 0.122. The van der Waals surface area contributed by atoms with Gasteiger partial charge in [0, 0.05) is 0 Å². The summed E-state index contributed by atoms with van der Waals surface area (Å²) in [5, 5.41) is 213. The van der Waals surface area contributed by atoms with Crippen molar-refractivity contribution in [2.75, 3.05) is 59.5 Å². The summed E-state index contributed by atoms with van der Waals surface area (Å²) in [6.45, 7) is -8.56. The highest BCUT2D eigenvalue weighted by molar-refractivity contribution is 5.80. The van der Waals surface area contributed by atoms with Gasteiger partial charge in [-0.15, -0.1) is 0 Å². The summed E-state index contributed by atoms with van der Waals surface area (Å²) in [5.41, 5.74) is 0. The molecule has 0 spiro atoms. The summed E-state index contributed by atoms with van der Waals surface area (Å²) in [5.74, 6) is -0.863. The molecule has 0 aromatic heterocycles. The first-order valence-electron chi connectivity index (χ1n) is 26.1. The van der Waals surface area contributed by atoms with Crippen LogP contribution in [-0.2, 0) is 80.6 Å². The zero-order chi connectivity index (χ0) is 58.5. The molecule has 14 heterocycles. The zero-order valence-electron chi connectivity index (χ0n) is 42.5. The summed E-state index contributed by atoms with van der Waals surface area (Å²) in [6, 6.07) is 0. The molecule has 14 rings (SSSR count). The highest BCUT2D eigenvalue weighted by Crippen LogP contribution is 2.39. The minimum absolute atomic E-state index is 0.798. The molecule has 0 amide bonds. The van der Waals surface area contributed by atoms with Gasteiger partial charge in [0.2, 0.25) is 0 Å². The van der Waals surface area contributed by atoms with Crippen molar-refractivity contribution >= 4 is 5.78 Å². The summed E-state index contributed by atoms with van der Waals surface area (Å²) < 4.78 is 92.7. The fourth-order valence-corrected chi connectivity index (χ4v) is 11.0. The Labute approximate surface area is 457 Å². The Kier molecular flexibility index (Phi) is 21.3. The Balaban J connectivity index is 1.08. The Morgan fingerprint density at radius 1 is 0.259 bits per heavy atom. The fraction of sp³-hybridized carbons (Fsp3) is 0.978. The first-order chi connectivity index (χ1) is 38.6. The van der Waals surface area contributed by atoms with Gasteiger partial charge in [0.05, 0.1) is 46.2 Å². The Morgan fingerprint density at radius 3 is 0.654 bits per heavy atom. The van der Waals surface area contributed by atoms with E-state index in [4.69, 9.17) is 75.8 Å². The van der Waals surface area contributed by atoms with Crippen LogP contribution in [0.3, 0.4) is 0 Å². The lowest BCUT2D eigenvalue weighted by molar-refractivity contribution is -0.396. The van der Waals surface area contributed by atoms with Crippen LogP contribution >= 0.6 is 0 Å². The van der Waals surface area contributed by atoms with E-state index in [1.807, 2.05) is 0 Å². The van der Waals surface area contributed by atoms with E-state index in [1.54, 1.807) is 0 Å². The van der Waals surface area contributed by atoms with Gasteiger partial charge in [0.1, 0.15) is 184 Å². The lowest BCUT2D eigenvalue weighted by Crippen LogP contribution is -2.68. The van der Waals surface area contributed by atoms with E-state index >= 15 is 0 Å². The standard InChI is InChI=1S/C45H72O36/c46-1-11-32-18(52)25(59)39(68-11)76-33-12(2-47)71-42(28(62)21(33)55)80-37-16-8-66-6-10(51)7-67-9-17-38(23(57)30(64)44(73-17)78-35-14(4-49)69-40(75-32)26(60)19(35)53)81-43-29(63)22(56)34(13(3-48)72-43)77-41-27(61)20(54)36(15(5-50)70-41)79-45(74-16)31(65)24(37)58/h11-50,52-65H,1-9H2/t11-,12-,13-,14-,15-,16-,17-,18+,19-,20-,21-,22-,23-,24-,25-,26+,27-,28-,29-,30-,31-,32-,33-,34-,35-,36-,37-,38-,39-,40-,41-,42-,43-,44-,45-/m1/s1. The van der Waals surface area contributed by atoms with E-state index in [1.165, 1.54) is 0 Å². The molecule has 0 aromatic rings. The second-order valence-corrected chi connectivity index (χ2v) is 20.9. The molecule has 468 valence electrons. The second kappa shape index (κ2) is 27.1. The van der Waals surface area contributed by atoms with Crippen LogP contribution in [0.15, 0.2) is 0 Å². The molecule has 14 aliphatic heterocycles. The molecule has 0 radical (unpaired) electrons. The van der Waals surface area contributed by atoms with Gasteiger partial charge in [0.15, 0.2) is 49.8 Å². The molecule has 19 N–H and O–H groups in total. The van der Waals surface area contributed by atoms with Crippen molar-refractivity contribution in [3.63, 3.8) is 0 Å². The van der Waals surface area contributed by atoms with E-state index in [9.17, 15) is 102 Å². The van der Waals surface area contributed by atoms with Crippen molar-refractivity contribution in [2.45, 2.75) is 215 Å². The van der Waals surface area contributed by atoms with Gasteiger partial charge < -0.3 is 173 Å². The summed E-state index contributed by atoms with van der Waals surface area (Å²) in [4.78, 5) is 13.4.